The van der Waals surface area contributed by atoms with Crippen molar-refractivity contribution < 1.29 is 26.7 Å². The zero-order valence-corrected chi connectivity index (χ0v) is 21.2. The summed E-state index contributed by atoms with van der Waals surface area (Å²) in [5, 5.41) is 3.22. The molecule has 13 heteroatoms. The number of rotatable bonds is 7. The fraction of sp³-hybridized carbons (Fsp3) is 0.409. The molecule has 1 heterocycles. The number of methoxy groups -OCH3 is 1. The molecule has 8 nitrogen and oxygen atoms in total. The number of nitrogens with one attached hydrogen (secondary N) is 2. The van der Waals surface area contributed by atoms with E-state index in [4.69, 9.17) is 32.9 Å². The highest BCUT2D eigenvalue weighted by Crippen LogP contribution is 2.30. The second-order valence-electron chi connectivity index (χ2n) is 8.38. The average Bonchev–Trinajstić information content (AvgIpc) is 2.80. The summed E-state index contributed by atoms with van der Waals surface area (Å²) < 4.78 is 66.6. The Kier molecular flexibility index (Phi) is 7.60. The molecule has 1 aliphatic heterocycles. The Morgan fingerprint density at radius 3 is 2.46 bits per heavy atom. The average molecular weight is 549 g/mol. The lowest BCUT2D eigenvalue weighted by Crippen LogP contribution is -2.44. The fourth-order valence-electron chi connectivity index (χ4n) is 4.08. The van der Waals surface area contributed by atoms with Crippen LogP contribution in [0.3, 0.4) is 0 Å². The largest absolute Gasteiger partial charge is 0.493 e. The van der Waals surface area contributed by atoms with Crippen molar-refractivity contribution in [1.82, 2.24) is 9.14 Å². The van der Waals surface area contributed by atoms with E-state index in [0.717, 1.165) is 10.7 Å². The van der Waals surface area contributed by atoms with Crippen LogP contribution in [0.1, 0.15) is 25.7 Å². The first-order chi connectivity index (χ1) is 16.5. The number of fused-ring (bicyclic) bond motifs is 1. The van der Waals surface area contributed by atoms with E-state index in [1.54, 1.807) is 6.07 Å². The Bertz CT molecular complexity index is 1340. The first-order valence-electron chi connectivity index (χ1n) is 10.8. The molecule has 0 amide bonds. The summed E-state index contributed by atoms with van der Waals surface area (Å²) in [6.07, 6.45) is 2.41. The van der Waals surface area contributed by atoms with Gasteiger partial charge in [-0.3, -0.25) is 0 Å². The van der Waals surface area contributed by atoms with Gasteiger partial charge in [-0.25, -0.2) is 26.9 Å². The van der Waals surface area contributed by atoms with Crippen molar-refractivity contribution >= 4 is 45.0 Å². The molecule has 2 N–H and O–H groups in total. The highest BCUT2D eigenvalue weighted by Gasteiger charge is 2.27. The number of sulfonamides is 1. The maximum Gasteiger partial charge on any atom is 0.217 e. The lowest BCUT2D eigenvalue weighted by atomic mass is 9.93. The molecule has 1 aliphatic carbocycles. The molecular formula is C22H24Cl2F2N4O4S. The Hall–Kier alpha value is -2.34. The number of hydrogen-bond donors (Lipinski definition) is 2. The van der Waals surface area contributed by atoms with Gasteiger partial charge in [0.2, 0.25) is 22.3 Å². The van der Waals surface area contributed by atoms with Crippen molar-refractivity contribution in [1.29, 1.82) is 0 Å². The number of ether oxygens (including phenoxy) is 2. The van der Waals surface area contributed by atoms with E-state index in [2.05, 4.69) is 15.0 Å². The van der Waals surface area contributed by atoms with Crippen LogP contribution in [-0.4, -0.2) is 44.6 Å². The Morgan fingerprint density at radius 1 is 1.11 bits per heavy atom. The van der Waals surface area contributed by atoms with E-state index < -0.39 is 28.1 Å². The third kappa shape index (κ3) is 6.08. The zero-order chi connectivity index (χ0) is 25.3. The van der Waals surface area contributed by atoms with Gasteiger partial charge in [0.05, 0.1) is 35.1 Å². The molecule has 0 bridgehead atoms. The van der Waals surface area contributed by atoms with E-state index in [-0.39, 0.29) is 27.7 Å². The molecule has 0 spiro atoms. The van der Waals surface area contributed by atoms with Gasteiger partial charge in [0.25, 0.3) is 0 Å². The Labute approximate surface area is 211 Å². The third-order valence-electron chi connectivity index (χ3n) is 5.73. The van der Waals surface area contributed by atoms with Crippen molar-refractivity contribution in [2.24, 2.45) is 4.99 Å². The second-order valence-corrected chi connectivity index (χ2v) is 10.9. The third-order valence-corrected chi connectivity index (χ3v) is 7.12. The van der Waals surface area contributed by atoms with Gasteiger partial charge in [0.15, 0.2) is 11.5 Å². The minimum absolute atomic E-state index is 0.0959. The highest BCUT2D eigenvalue weighted by atomic mass is 35.5. The van der Waals surface area contributed by atoms with E-state index in [0.29, 0.717) is 42.9 Å². The van der Waals surface area contributed by atoms with Gasteiger partial charge in [0, 0.05) is 29.6 Å². The molecule has 190 valence electrons. The van der Waals surface area contributed by atoms with E-state index >= 15 is 4.39 Å². The van der Waals surface area contributed by atoms with E-state index in [1.807, 2.05) is 0 Å². The summed E-state index contributed by atoms with van der Waals surface area (Å²) >= 11 is 12.0. The predicted molar refractivity (Wildman–Crippen MR) is 129 cm³/mol. The fourth-order valence-corrected chi connectivity index (χ4v) is 5.29. The first-order valence-corrected chi connectivity index (χ1v) is 13.4. The van der Waals surface area contributed by atoms with Crippen molar-refractivity contribution in [3.8, 4) is 11.5 Å². The number of anilines is 1. The van der Waals surface area contributed by atoms with Crippen LogP contribution in [0.25, 0.3) is 5.95 Å². The first kappa shape index (κ1) is 25.7. The maximum atomic E-state index is 15.2. The van der Waals surface area contributed by atoms with Crippen molar-refractivity contribution in [2.75, 3.05) is 18.7 Å². The van der Waals surface area contributed by atoms with Gasteiger partial charge >= 0.3 is 0 Å². The quantitative estimate of drug-likeness (QED) is 0.407. The van der Waals surface area contributed by atoms with Crippen molar-refractivity contribution in [2.45, 2.75) is 44.1 Å². The Balaban J connectivity index is 1.55. The van der Waals surface area contributed by atoms with Gasteiger partial charge in [-0.2, -0.15) is 4.39 Å². The number of benzene rings is 2. The molecule has 2 aromatic rings. The summed E-state index contributed by atoms with van der Waals surface area (Å²) in [7, 11) is -1.81. The maximum absolute atomic E-state index is 15.2. The lowest BCUT2D eigenvalue weighted by Gasteiger charge is -2.30. The SMILES string of the molecule is COc1cc2c(cc1OC1CCC(NS(C)(=O)=O)CC1)=C(F)N(Cl)C(Nc1ccc(F)c(Cl)c1)N=2. The van der Waals surface area contributed by atoms with Crippen molar-refractivity contribution in [3.05, 3.63) is 51.7 Å². The van der Waals surface area contributed by atoms with Crippen LogP contribution in [0.5, 0.6) is 11.5 Å². The number of hydrogen-bond acceptors (Lipinski definition) is 7. The molecule has 1 atom stereocenters. The molecule has 0 radical (unpaired) electrons. The number of halogens is 4. The predicted octanol–water partition coefficient (Wildman–Crippen LogP) is 3.25. The van der Waals surface area contributed by atoms with Crippen LogP contribution in [-0.2, 0) is 10.0 Å². The summed E-state index contributed by atoms with van der Waals surface area (Å²) in [4.78, 5) is 4.45. The van der Waals surface area contributed by atoms with Crippen molar-refractivity contribution in [3.63, 3.8) is 0 Å². The molecule has 35 heavy (non-hydrogen) atoms. The van der Waals surface area contributed by atoms with Gasteiger partial charge in [-0.1, -0.05) is 11.6 Å². The normalized spacial score (nSPS) is 22.3. The minimum Gasteiger partial charge on any atom is -0.493 e. The monoisotopic (exact) mass is 548 g/mol. The van der Waals surface area contributed by atoms with Gasteiger partial charge in [-0.15, -0.1) is 0 Å². The molecule has 2 aliphatic rings. The van der Waals surface area contributed by atoms with Crippen LogP contribution in [0.15, 0.2) is 35.3 Å². The van der Waals surface area contributed by atoms with Crippen LogP contribution in [0, 0.1) is 5.82 Å². The van der Waals surface area contributed by atoms with Gasteiger partial charge in [-0.05, 0) is 49.9 Å². The zero-order valence-electron chi connectivity index (χ0n) is 18.9. The molecule has 0 saturated heterocycles. The molecule has 0 aromatic heterocycles. The van der Waals surface area contributed by atoms with E-state index in [1.165, 1.54) is 31.4 Å². The van der Waals surface area contributed by atoms with Crippen LogP contribution < -0.4 is 30.1 Å². The topological polar surface area (TPSA) is 92.3 Å². The second kappa shape index (κ2) is 10.3. The summed E-state index contributed by atoms with van der Waals surface area (Å²) in [5.41, 5.74) is 0.403. The summed E-state index contributed by atoms with van der Waals surface area (Å²) in [6, 6.07) is 6.86. The molecule has 2 aromatic carbocycles. The Morgan fingerprint density at radius 2 is 1.83 bits per heavy atom. The molecule has 1 fully saturated rings. The summed E-state index contributed by atoms with van der Waals surface area (Å²) in [5.74, 6) is -0.641. The lowest BCUT2D eigenvalue weighted by molar-refractivity contribution is 0.139. The smallest absolute Gasteiger partial charge is 0.217 e. The molecule has 1 unspecified atom stereocenters. The summed E-state index contributed by atoms with van der Waals surface area (Å²) in [6.45, 7) is 0. The van der Waals surface area contributed by atoms with Crippen LogP contribution in [0.4, 0.5) is 14.5 Å². The van der Waals surface area contributed by atoms with Gasteiger partial charge < -0.3 is 14.8 Å². The van der Waals surface area contributed by atoms with Crippen LogP contribution >= 0.6 is 23.4 Å². The van der Waals surface area contributed by atoms with E-state index in [9.17, 15) is 12.8 Å². The standard InChI is InChI=1S/C22H24Cl2F2N4O4S/c1-33-19-11-18-15(10-20(19)34-14-6-3-12(4-7-14)29-35(2,31)32)21(26)30(24)22(28-18)27-13-5-8-17(25)16(23)9-13/h5,8-12,14,22,27,29H,3-4,6-7H2,1-2H3. The van der Waals surface area contributed by atoms with Crippen LogP contribution in [0.2, 0.25) is 5.02 Å². The number of nitrogens with zero attached hydrogens (tertiary/aromatic N) is 2. The molecule has 4 rings (SSSR count). The minimum atomic E-state index is -3.27. The van der Waals surface area contributed by atoms with Gasteiger partial charge in [0.1, 0.15) is 5.82 Å². The molecular weight excluding hydrogens is 525 g/mol. The molecule has 1 saturated carbocycles. The highest BCUT2D eigenvalue weighted by molar-refractivity contribution is 7.88.